The smallest absolute Gasteiger partial charge is 0.276 e. The standard InChI is InChI=1S/C22H29N5O2/c1-16-20-21(25(2)24-16)22(29)23-17-10-5-6-11-18(17)27(20)19(28)12-9-15-26-13-7-3-4-8-14-26/h5-6,10-11H,3-4,7-9,12-15H2,1-2H3,(H,23,29). The number of para-hydroxylation sites is 2. The SMILES string of the molecule is Cc1nn(C)c2c1N(C(=O)CCCN1CCCCCC1)c1ccccc1NC2=O. The van der Waals surface area contributed by atoms with Crippen LogP contribution >= 0.6 is 0 Å². The van der Waals surface area contributed by atoms with Gasteiger partial charge in [-0.2, -0.15) is 5.10 Å². The van der Waals surface area contributed by atoms with E-state index >= 15 is 0 Å². The van der Waals surface area contributed by atoms with E-state index in [0.29, 0.717) is 34.9 Å². The molecule has 0 unspecified atom stereocenters. The zero-order valence-corrected chi connectivity index (χ0v) is 17.3. The number of hydrogen-bond donors (Lipinski definition) is 1. The molecular weight excluding hydrogens is 366 g/mol. The third-order valence-corrected chi connectivity index (χ3v) is 5.84. The fourth-order valence-corrected chi connectivity index (χ4v) is 4.43. The highest BCUT2D eigenvalue weighted by atomic mass is 16.2. The number of carbonyl (C=O) groups excluding carboxylic acids is 2. The first kappa shape index (κ1) is 19.6. The summed E-state index contributed by atoms with van der Waals surface area (Å²) in [4.78, 5) is 30.4. The van der Waals surface area contributed by atoms with Crippen LogP contribution in [0.1, 0.15) is 54.7 Å². The van der Waals surface area contributed by atoms with E-state index < -0.39 is 0 Å². The zero-order chi connectivity index (χ0) is 20.4. The van der Waals surface area contributed by atoms with Crippen LogP contribution in [-0.2, 0) is 11.8 Å². The van der Waals surface area contributed by atoms with E-state index in [1.54, 1.807) is 16.6 Å². The molecule has 29 heavy (non-hydrogen) atoms. The van der Waals surface area contributed by atoms with Gasteiger partial charge in [-0.25, -0.2) is 0 Å². The van der Waals surface area contributed by atoms with Crippen LogP contribution in [0.3, 0.4) is 0 Å². The maximum atomic E-state index is 13.4. The molecule has 7 heteroatoms. The molecule has 0 aliphatic carbocycles. The molecule has 0 saturated carbocycles. The Morgan fingerprint density at radius 2 is 1.86 bits per heavy atom. The van der Waals surface area contributed by atoms with E-state index in [1.165, 1.54) is 25.7 Å². The van der Waals surface area contributed by atoms with Crippen LogP contribution in [0.5, 0.6) is 0 Å². The minimum absolute atomic E-state index is 0.00104. The molecule has 1 saturated heterocycles. The normalized spacial score (nSPS) is 17.2. The maximum Gasteiger partial charge on any atom is 0.276 e. The maximum absolute atomic E-state index is 13.4. The van der Waals surface area contributed by atoms with Crippen molar-refractivity contribution in [3.8, 4) is 0 Å². The van der Waals surface area contributed by atoms with Gasteiger partial charge in [-0.15, -0.1) is 0 Å². The summed E-state index contributed by atoms with van der Waals surface area (Å²) in [6, 6.07) is 7.46. The molecule has 1 N–H and O–H groups in total. The number of aryl methyl sites for hydroxylation is 2. The summed E-state index contributed by atoms with van der Waals surface area (Å²) >= 11 is 0. The molecule has 4 rings (SSSR count). The molecular formula is C22H29N5O2. The number of benzene rings is 1. The molecule has 7 nitrogen and oxygen atoms in total. The number of aromatic nitrogens is 2. The summed E-state index contributed by atoms with van der Waals surface area (Å²) in [6.45, 7) is 5.05. The molecule has 154 valence electrons. The van der Waals surface area contributed by atoms with Crippen molar-refractivity contribution < 1.29 is 9.59 Å². The summed E-state index contributed by atoms with van der Waals surface area (Å²) < 4.78 is 1.56. The van der Waals surface area contributed by atoms with Crippen LogP contribution < -0.4 is 10.2 Å². The van der Waals surface area contributed by atoms with Crippen molar-refractivity contribution >= 4 is 28.9 Å². The van der Waals surface area contributed by atoms with Crippen LogP contribution in [0.25, 0.3) is 0 Å². The summed E-state index contributed by atoms with van der Waals surface area (Å²) in [5.74, 6) is -0.239. The second kappa shape index (κ2) is 8.37. The average Bonchev–Trinajstić information content (AvgIpc) is 2.88. The van der Waals surface area contributed by atoms with E-state index in [2.05, 4.69) is 15.3 Å². The Kier molecular flexibility index (Phi) is 5.67. The van der Waals surface area contributed by atoms with Gasteiger partial charge in [0.05, 0.1) is 17.1 Å². The van der Waals surface area contributed by atoms with Gasteiger partial charge in [-0.3, -0.25) is 19.2 Å². The largest absolute Gasteiger partial charge is 0.319 e. The van der Waals surface area contributed by atoms with Crippen LogP contribution in [-0.4, -0.2) is 46.1 Å². The number of rotatable bonds is 4. The number of hydrogen-bond acceptors (Lipinski definition) is 4. The van der Waals surface area contributed by atoms with Gasteiger partial charge in [0.15, 0.2) is 5.69 Å². The molecule has 0 bridgehead atoms. The molecule has 2 amide bonds. The quantitative estimate of drug-likeness (QED) is 0.858. The first-order valence-corrected chi connectivity index (χ1v) is 10.6. The molecule has 0 spiro atoms. The van der Waals surface area contributed by atoms with E-state index in [9.17, 15) is 9.59 Å². The molecule has 2 aliphatic heterocycles. The minimum atomic E-state index is -0.240. The van der Waals surface area contributed by atoms with Crippen molar-refractivity contribution in [1.82, 2.24) is 14.7 Å². The van der Waals surface area contributed by atoms with Gasteiger partial charge in [0.1, 0.15) is 5.69 Å². The summed E-state index contributed by atoms with van der Waals surface area (Å²) in [6.07, 6.45) is 6.37. The lowest BCUT2D eigenvalue weighted by Crippen LogP contribution is -2.30. The average molecular weight is 396 g/mol. The molecule has 1 aromatic carbocycles. The number of fused-ring (bicyclic) bond motifs is 2. The van der Waals surface area contributed by atoms with E-state index in [0.717, 1.165) is 26.1 Å². The lowest BCUT2D eigenvalue weighted by atomic mass is 10.1. The summed E-state index contributed by atoms with van der Waals surface area (Å²) in [5, 5.41) is 7.34. The highest BCUT2D eigenvalue weighted by molar-refractivity contribution is 6.17. The highest BCUT2D eigenvalue weighted by Crippen LogP contribution is 2.39. The number of nitrogens with one attached hydrogen (secondary N) is 1. The van der Waals surface area contributed by atoms with Crippen molar-refractivity contribution in [1.29, 1.82) is 0 Å². The van der Waals surface area contributed by atoms with Gasteiger partial charge >= 0.3 is 0 Å². The first-order chi connectivity index (χ1) is 14.1. The summed E-state index contributed by atoms with van der Waals surface area (Å²) in [5.41, 5.74) is 3.04. The van der Waals surface area contributed by atoms with Crippen molar-refractivity contribution in [2.24, 2.45) is 7.05 Å². The van der Waals surface area contributed by atoms with E-state index in [-0.39, 0.29) is 11.8 Å². The Morgan fingerprint density at radius 1 is 1.14 bits per heavy atom. The number of anilines is 3. The fourth-order valence-electron chi connectivity index (χ4n) is 4.43. The van der Waals surface area contributed by atoms with Gasteiger partial charge < -0.3 is 10.2 Å². The van der Waals surface area contributed by atoms with E-state index in [1.807, 2.05) is 31.2 Å². The molecule has 2 aliphatic rings. The zero-order valence-electron chi connectivity index (χ0n) is 17.3. The van der Waals surface area contributed by atoms with Crippen LogP contribution in [0, 0.1) is 6.92 Å². The van der Waals surface area contributed by atoms with Crippen LogP contribution in [0.2, 0.25) is 0 Å². The Bertz CT molecular complexity index is 912. The van der Waals surface area contributed by atoms with Crippen molar-refractivity contribution in [2.45, 2.75) is 45.4 Å². The Morgan fingerprint density at radius 3 is 2.62 bits per heavy atom. The second-order valence-electron chi connectivity index (χ2n) is 7.97. The second-order valence-corrected chi connectivity index (χ2v) is 7.97. The molecule has 3 heterocycles. The number of amides is 2. The highest BCUT2D eigenvalue weighted by Gasteiger charge is 2.33. The lowest BCUT2D eigenvalue weighted by molar-refractivity contribution is -0.118. The third-order valence-electron chi connectivity index (χ3n) is 5.84. The number of nitrogens with zero attached hydrogens (tertiary/aromatic N) is 4. The van der Waals surface area contributed by atoms with Crippen molar-refractivity contribution in [3.63, 3.8) is 0 Å². The van der Waals surface area contributed by atoms with Crippen LogP contribution in [0.15, 0.2) is 24.3 Å². The van der Waals surface area contributed by atoms with Gasteiger partial charge in [0.25, 0.3) is 5.91 Å². The molecule has 0 radical (unpaired) electrons. The van der Waals surface area contributed by atoms with Gasteiger partial charge in [-0.1, -0.05) is 25.0 Å². The fraction of sp³-hybridized carbons (Fsp3) is 0.500. The molecule has 0 atom stereocenters. The Hall–Kier alpha value is -2.67. The van der Waals surface area contributed by atoms with E-state index in [4.69, 9.17) is 0 Å². The molecule has 2 aromatic rings. The molecule has 1 aromatic heterocycles. The minimum Gasteiger partial charge on any atom is -0.319 e. The predicted molar refractivity (Wildman–Crippen MR) is 114 cm³/mol. The van der Waals surface area contributed by atoms with Gasteiger partial charge in [0.2, 0.25) is 5.91 Å². The Labute approximate surface area is 171 Å². The number of likely N-dealkylation sites (tertiary alicyclic amines) is 1. The summed E-state index contributed by atoms with van der Waals surface area (Å²) in [7, 11) is 1.74. The topological polar surface area (TPSA) is 70.5 Å². The van der Waals surface area contributed by atoms with Gasteiger partial charge in [-0.05, 0) is 58.0 Å². The Balaban J connectivity index is 1.59. The predicted octanol–water partition coefficient (Wildman–Crippen LogP) is 3.62. The lowest BCUT2D eigenvalue weighted by Gasteiger charge is -2.24. The molecule has 1 fully saturated rings. The van der Waals surface area contributed by atoms with Crippen molar-refractivity contribution in [3.05, 3.63) is 35.7 Å². The number of carbonyl (C=O) groups is 2. The van der Waals surface area contributed by atoms with Crippen molar-refractivity contribution in [2.75, 3.05) is 29.9 Å². The van der Waals surface area contributed by atoms with Crippen LogP contribution in [0.4, 0.5) is 17.1 Å². The first-order valence-electron chi connectivity index (χ1n) is 10.6. The third kappa shape index (κ3) is 3.92. The monoisotopic (exact) mass is 395 g/mol. The van der Waals surface area contributed by atoms with Gasteiger partial charge in [0, 0.05) is 13.5 Å².